The first-order valence-corrected chi connectivity index (χ1v) is 8.44. The summed E-state index contributed by atoms with van der Waals surface area (Å²) >= 11 is 6.14. The number of benzene rings is 1. The Labute approximate surface area is 137 Å². The summed E-state index contributed by atoms with van der Waals surface area (Å²) in [5, 5.41) is 9.25. The minimum absolute atomic E-state index is 0.375. The Morgan fingerprint density at radius 3 is 3.05 bits per heavy atom. The Morgan fingerprint density at radius 2 is 2.27 bits per heavy atom. The van der Waals surface area contributed by atoms with Gasteiger partial charge in [0.1, 0.15) is 12.2 Å². The quantitative estimate of drug-likeness (QED) is 0.857. The number of aryl methyl sites for hydroxylation is 1. The van der Waals surface area contributed by atoms with E-state index in [4.69, 9.17) is 11.6 Å². The van der Waals surface area contributed by atoms with Crippen molar-refractivity contribution >= 4 is 11.6 Å². The Hall–Kier alpha value is -1.39. The van der Waals surface area contributed by atoms with Crippen LogP contribution in [0, 0.1) is 0 Å². The highest BCUT2D eigenvalue weighted by molar-refractivity contribution is 6.30. The van der Waals surface area contributed by atoms with Gasteiger partial charge in [-0.1, -0.05) is 23.7 Å². The van der Waals surface area contributed by atoms with Crippen LogP contribution in [0.1, 0.15) is 50.0 Å². The molecule has 0 N–H and O–H groups in total. The topological polar surface area (TPSA) is 34.0 Å². The van der Waals surface area contributed by atoms with Gasteiger partial charge >= 0.3 is 0 Å². The zero-order valence-corrected chi connectivity index (χ0v) is 14.0. The second-order valence-corrected chi connectivity index (χ2v) is 6.48. The maximum absolute atomic E-state index is 6.14. The van der Waals surface area contributed by atoms with Gasteiger partial charge in [0.05, 0.1) is 0 Å². The molecule has 4 nitrogen and oxygen atoms in total. The highest BCUT2D eigenvalue weighted by Crippen LogP contribution is 2.31. The standard InChI is InChI=1S/C17H23ClN4/c1-3-21-12-19-20-17(21)15-7-5-9-22(11-15)13(2)14-6-4-8-16(18)10-14/h4,6,8,10,12-13,15H,3,5,7,9,11H2,1-2H3/t13-,15+/m1/s1. The van der Waals surface area contributed by atoms with Crippen molar-refractivity contribution in [1.29, 1.82) is 0 Å². The van der Waals surface area contributed by atoms with E-state index in [1.165, 1.54) is 18.4 Å². The Kier molecular flexibility index (Phi) is 4.79. The number of hydrogen-bond donors (Lipinski definition) is 0. The van der Waals surface area contributed by atoms with Crippen molar-refractivity contribution in [1.82, 2.24) is 19.7 Å². The largest absolute Gasteiger partial charge is 0.318 e. The second-order valence-electron chi connectivity index (χ2n) is 6.04. The third-order valence-corrected chi connectivity index (χ3v) is 4.92. The molecule has 5 heteroatoms. The van der Waals surface area contributed by atoms with Crippen molar-refractivity contribution in [2.75, 3.05) is 13.1 Å². The number of nitrogens with zero attached hydrogens (tertiary/aromatic N) is 4. The van der Waals surface area contributed by atoms with E-state index in [-0.39, 0.29) is 0 Å². The summed E-state index contributed by atoms with van der Waals surface area (Å²) in [6, 6.07) is 8.57. The van der Waals surface area contributed by atoms with E-state index in [1.807, 2.05) is 18.5 Å². The third-order valence-electron chi connectivity index (χ3n) is 4.68. The lowest BCUT2D eigenvalue weighted by Crippen LogP contribution is -2.37. The molecule has 0 saturated carbocycles. The molecule has 0 unspecified atom stereocenters. The average molecular weight is 319 g/mol. The van der Waals surface area contributed by atoms with Gasteiger partial charge in [0, 0.05) is 30.1 Å². The fraction of sp³-hybridized carbons (Fsp3) is 0.529. The number of likely N-dealkylation sites (tertiary alicyclic amines) is 1. The van der Waals surface area contributed by atoms with Gasteiger partial charge in [-0.15, -0.1) is 10.2 Å². The lowest BCUT2D eigenvalue weighted by Gasteiger charge is -2.36. The van der Waals surface area contributed by atoms with Crippen LogP contribution in [0.4, 0.5) is 0 Å². The second kappa shape index (κ2) is 6.80. The van der Waals surface area contributed by atoms with Crippen LogP contribution >= 0.6 is 11.6 Å². The summed E-state index contributed by atoms with van der Waals surface area (Å²) in [6.45, 7) is 7.50. The van der Waals surface area contributed by atoms with Gasteiger partial charge in [-0.05, 0) is 50.9 Å². The highest BCUT2D eigenvalue weighted by Gasteiger charge is 2.28. The predicted molar refractivity (Wildman–Crippen MR) is 89.1 cm³/mol. The molecule has 1 fully saturated rings. The zero-order chi connectivity index (χ0) is 15.5. The van der Waals surface area contributed by atoms with E-state index in [1.54, 1.807) is 0 Å². The molecule has 0 radical (unpaired) electrons. The monoisotopic (exact) mass is 318 g/mol. The third kappa shape index (κ3) is 3.18. The predicted octanol–water partition coefficient (Wildman–Crippen LogP) is 3.89. The lowest BCUT2D eigenvalue weighted by molar-refractivity contribution is 0.154. The molecule has 22 heavy (non-hydrogen) atoms. The van der Waals surface area contributed by atoms with Gasteiger partial charge in [-0.2, -0.15) is 0 Å². The zero-order valence-electron chi connectivity index (χ0n) is 13.2. The molecule has 1 aromatic heterocycles. The van der Waals surface area contributed by atoms with E-state index >= 15 is 0 Å². The number of hydrogen-bond acceptors (Lipinski definition) is 3. The SMILES string of the molecule is CCn1cnnc1[C@H]1CCCN([C@H](C)c2cccc(Cl)c2)C1. The fourth-order valence-electron chi connectivity index (χ4n) is 3.37. The maximum atomic E-state index is 6.14. The van der Waals surface area contributed by atoms with E-state index in [2.05, 4.69) is 45.6 Å². The Bertz CT molecular complexity index is 625. The normalized spacial score (nSPS) is 21.0. The van der Waals surface area contributed by atoms with Crippen LogP contribution < -0.4 is 0 Å². The number of rotatable bonds is 4. The molecule has 2 heterocycles. The van der Waals surface area contributed by atoms with E-state index in [0.717, 1.165) is 30.5 Å². The van der Waals surface area contributed by atoms with E-state index in [9.17, 15) is 0 Å². The molecule has 1 aromatic carbocycles. The van der Waals surface area contributed by atoms with Crippen molar-refractivity contribution in [3.8, 4) is 0 Å². The van der Waals surface area contributed by atoms with E-state index in [0.29, 0.717) is 12.0 Å². The van der Waals surface area contributed by atoms with Crippen LogP contribution in [0.15, 0.2) is 30.6 Å². The Balaban J connectivity index is 1.75. The number of halogens is 1. The molecule has 0 aliphatic carbocycles. The molecule has 0 amide bonds. The molecule has 2 aromatic rings. The van der Waals surface area contributed by atoms with Crippen LogP contribution in [0.3, 0.4) is 0 Å². The molecule has 2 atom stereocenters. The molecule has 0 bridgehead atoms. The molecule has 1 aliphatic rings. The van der Waals surface area contributed by atoms with Gasteiger partial charge in [0.25, 0.3) is 0 Å². The highest BCUT2D eigenvalue weighted by atomic mass is 35.5. The van der Waals surface area contributed by atoms with Crippen molar-refractivity contribution < 1.29 is 0 Å². The molecule has 118 valence electrons. The van der Waals surface area contributed by atoms with Crippen LogP contribution in [0.5, 0.6) is 0 Å². The fourth-order valence-corrected chi connectivity index (χ4v) is 3.57. The molecule has 0 spiro atoms. The van der Waals surface area contributed by atoms with Crippen molar-refractivity contribution in [2.24, 2.45) is 0 Å². The molecular weight excluding hydrogens is 296 g/mol. The van der Waals surface area contributed by atoms with E-state index < -0.39 is 0 Å². The minimum atomic E-state index is 0.375. The first kappa shape index (κ1) is 15.5. The number of aromatic nitrogens is 3. The van der Waals surface area contributed by atoms with Gasteiger partial charge in [0.2, 0.25) is 0 Å². The maximum Gasteiger partial charge on any atom is 0.137 e. The summed E-state index contributed by atoms with van der Waals surface area (Å²) in [5.74, 6) is 1.60. The first-order chi connectivity index (χ1) is 10.7. The summed E-state index contributed by atoms with van der Waals surface area (Å²) in [4.78, 5) is 2.54. The average Bonchev–Trinajstić information content (AvgIpc) is 3.03. The van der Waals surface area contributed by atoms with Gasteiger partial charge < -0.3 is 4.57 Å². The summed E-state index contributed by atoms with van der Waals surface area (Å²) < 4.78 is 2.16. The summed E-state index contributed by atoms with van der Waals surface area (Å²) in [6.07, 6.45) is 4.23. The molecular formula is C17H23ClN4. The van der Waals surface area contributed by atoms with Crippen molar-refractivity contribution in [2.45, 2.75) is 45.2 Å². The lowest BCUT2D eigenvalue weighted by atomic mass is 9.94. The molecule has 1 saturated heterocycles. The van der Waals surface area contributed by atoms with Crippen molar-refractivity contribution in [3.05, 3.63) is 47.0 Å². The summed E-state index contributed by atoms with van der Waals surface area (Å²) in [7, 11) is 0. The number of piperidine rings is 1. The Morgan fingerprint density at radius 1 is 1.41 bits per heavy atom. The van der Waals surface area contributed by atoms with Crippen LogP contribution in [-0.4, -0.2) is 32.8 Å². The molecule has 3 rings (SSSR count). The molecule has 1 aliphatic heterocycles. The van der Waals surface area contributed by atoms with Crippen LogP contribution in [0.2, 0.25) is 5.02 Å². The van der Waals surface area contributed by atoms with Crippen LogP contribution in [-0.2, 0) is 6.54 Å². The van der Waals surface area contributed by atoms with Gasteiger partial charge in [0.15, 0.2) is 0 Å². The smallest absolute Gasteiger partial charge is 0.137 e. The summed E-state index contributed by atoms with van der Waals surface area (Å²) in [5.41, 5.74) is 1.28. The van der Waals surface area contributed by atoms with Crippen LogP contribution in [0.25, 0.3) is 0 Å². The van der Waals surface area contributed by atoms with Gasteiger partial charge in [-0.25, -0.2) is 0 Å². The van der Waals surface area contributed by atoms with Gasteiger partial charge in [-0.3, -0.25) is 4.90 Å². The minimum Gasteiger partial charge on any atom is -0.318 e. The van der Waals surface area contributed by atoms with Crippen molar-refractivity contribution in [3.63, 3.8) is 0 Å². The first-order valence-electron chi connectivity index (χ1n) is 8.06.